The van der Waals surface area contributed by atoms with Crippen LogP contribution in [-0.4, -0.2) is 9.56 Å². The van der Waals surface area contributed by atoms with Gasteiger partial charge in [-0.05, 0) is 17.7 Å². The first-order valence-electron chi connectivity index (χ1n) is 5.21. The monoisotopic (exact) mass is 244 g/mol. The molecule has 0 saturated heterocycles. The molecule has 1 heterocycles. The molecule has 0 aliphatic rings. The van der Waals surface area contributed by atoms with E-state index in [0.29, 0.717) is 11.5 Å². The van der Waals surface area contributed by atoms with Gasteiger partial charge in [-0.1, -0.05) is 36.5 Å². The third-order valence-electron chi connectivity index (χ3n) is 2.46. The first-order chi connectivity index (χ1) is 8.16. The van der Waals surface area contributed by atoms with Gasteiger partial charge < -0.3 is 10.3 Å². The summed E-state index contributed by atoms with van der Waals surface area (Å²) in [6, 6.07) is 12.7. The van der Waals surface area contributed by atoms with Crippen molar-refractivity contribution in [3.05, 3.63) is 70.1 Å². The van der Waals surface area contributed by atoms with Crippen LogP contribution in [0.4, 0.5) is 0 Å². The molecule has 0 fully saturated rings. The van der Waals surface area contributed by atoms with E-state index >= 15 is 0 Å². The maximum atomic E-state index is 11.6. The summed E-state index contributed by atoms with van der Waals surface area (Å²) in [7, 11) is 0. The zero-order chi connectivity index (χ0) is 12.3. The second kappa shape index (κ2) is 4.93. The molecule has 0 amide bonds. The summed E-state index contributed by atoms with van der Waals surface area (Å²) >= 11 is 4.92. The van der Waals surface area contributed by atoms with Crippen molar-refractivity contribution >= 4 is 17.2 Å². The maximum Gasteiger partial charge on any atom is 0.250 e. The molecule has 86 valence electrons. The van der Waals surface area contributed by atoms with E-state index in [0.717, 1.165) is 11.1 Å². The summed E-state index contributed by atoms with van der Waals surface area (Å²) in [4.78, 5) is 11.9. The molecule has 0 radical (unpaired) electrons. The van der Waals surface area contributed by atoms with Gasteiger partial charge in [0.1, 0.15) is 4.99 Å². The lowest BCUT2D eigenvalue weighted by Crippen LogP contribution is -2.18. The number of pyridine rings is 1. The highest BCUT2D eigenvalue weighted by atomic mass is 32.1. The van der Waals surface area contributed by atoms with Crippen LogP contribution in [0.15, 0.2) is 53.5 Å². The number of nitrogens with two attached hydrogens (primary N) is 1. The topological polar surface area (TPSA) is 48.0 Å². The standard InChI is InChI=1S/C13H12N2OS/c14-13(17)11-5-3-4-10(8-11)9-15-7-2-1-6-12(15)16/h1-8H,9H2,(H2,14,17). The Morgan fingerprint density at radius 2 is 2.06 bits per heavy atom. The van der Waals surface area contributed by atoms with E-state index in [2.05, 4.69) is 0 Å². The van der Waals surface area contributed by atoms with Crippen LogP contribution in [-0.2, 0) is 6.54 Å². The zero-order valence-corrected chi connectivity index (χ0v) is 9.98. The second-order valence-corrected chi connectivity index (χ2v) is 4.17. The smallest absolute Gasteiger partial charge is 0.250 e. The van der Waals surface area contributed by atoms with E-state index < -0.39 is 0 Å². The third-order valence-corrected chi connectivity index (χ3v) is 2.70. The number of thiocarbonyl (C=S) groups is 1. The van der Waals surface area contributed by atoms with Gasteiger partial charge in [0.15, 0.2) is 0 Å². The molecule has 2 rings (SSSR count). The summed E-state index contributed by atoms with van der Waals surface area (Å²) < 4.78 is 1.64. The van der Waals surface area contributed by atoms with Gasteiger partial charge in [-0.3, -0.25) is 4.79 Å². The number of rotatable bonds is 3. The number of hydrogen-bond acceptors (Lipinski definition) is 2. The molecule has 17 heavy (non-hydrogen) atoms. The molecule has 1 aromatic carbocycles. The number of benzene rings is 1. The van der Waals surface area contributed by atoms with Gasteiger partial charge in [-0.15, -0.1) is 0 Å². The van der Waals surface area contributed by atoms with Gasteiger partial charge in [0, 0.05) is 17.8 Å². The Kier molecular flexibility index (Phi) is 3.35. The van der Waals surface area contributed by atoms with Crippen molar-refractivity contribution in [3.63, 3.8) is 0 Å². The van der Waals surface area contributed by atoms with Crippen molar-refractivity contribution in [2.75, 3.05) is 0 Å². The molecule has 0 spiro atoms. The molecular formula is C13H12N2OS. The lowest BCUT2D eigenvalue weighted by Gasteiger charge is -2.06. The summed E-state index contributed by atoms with van der Waals surface area (Å²) in [5, 5.41) is 0. The van der Waals surface area contributed by atoms with E-state index in [1.807, 2.05) is 30.3 Å². The number of aromatic nitrogens is 1. The van der Waals surface area contributed by atoms with Gasteiger partial charge in [0.2, 0.25) is 0 Å². The average Bonchev–Trinajstić information content (AvgIpc) is 2.32. The van der Waals surface area contributed by atoms with E-state index in [4.69, 9.17) is 18.0 Å². The highest BCUT2D eigenvalue weighted by molar-refractivity contribution is 7.80. The summed E-state index contributed by atoms with van der Waals surface area (Å²) in [6.45, 7) is 0.524. The predicted molar refractivity (Wildman–Crippen MR) is 72.1 cm³/mol. The number of nitrogens with zero attached hydrogens (tertiary/aromatic N) is 1. The first-order valence-corrected chi connectivity index (χ1v) is 5.62. The Labute approximate surface area is 105 Å². The highest BCUT2D eigenvalue weighted by Gasteiger charge is 2.00. The molecule has 1 aromatic heterocycles. The Hall–Kier alpha value is -1.94. The van der Waals surface area contributed by atoms with E-state index in [1.165, 1.54) is 6.07 Å². The Bertz CT molecular complexity index is 604. The van der Waals surface area contributed by atoms with E-state index in [1.54, 1.807) is 16.8 Å². The van der Waals surface area contributed by atoms with Crippen LogP contribution in [0.3, 0.4) is 0 Å². The largest absolute Gasteiger partial charge is 0.389 e. The van der Waals surface area contributed by atoms with Gasteiger partial charge >= 0.3 is 0 Å². The molecule has 0 aliphatic carbocycles. The van der Waals surface area contributed by atoms with Gasteiger partial charge in [0.25, 0.3) is 5.56 Å². The van der Waals surface area contributed by atoms with Crippen LogP contribution in [0.2, 0.25) is 0 Å². The molecule has 4 heteroatoms. The maximum absolute atomic E-state index is 11.6. The zero-order valence-electron chi connectivity index (χ0n) is 9.17. The minimum absolute atomic E-state index is 0.0202. The summed E-state index contributed by atoms with van der Waals surface area (Å²) in [5.41, 5.74) is 7.37. The minimum Gasteiger partial charge on any atom is -0.389 e. The van der Waals surface area contributed by atoms with Crippen LogP contribution in [0.5, 0.6) is 0 Å². The van der Waals surface area contributed by atoms with E-state index in [9.17, 15) is 4.79 Å². The highest BCUT2D eigenvalue weighted by Crippen LogP contribution is 2.06. The fourth-order valence-electron chi connectivity index (χ4n) is 1.61. The van der Waals surface area contributed by atoms with Crippen molar-refractivity contribution in [1.29, 1.82) is 0 Å². The first kappa shape index (κ1) is 11.5. The molecular weight excluding hydrogens is 232 g/mol. The molecule has 0 aliphatic heterocycles. The van der Waals surface area contributed by atoms with Gasteiger partial charge in [0.05, 0.1) is 6.54 Å². The average molecular weight is 244 g/mol. The Balaban J connectivity index is 2.31. The van der Waals surface area contributed by atoms with Crippen LogP contribution >= 0.6 is 12.2 Å². The molecule has 2 N–H and O–H groups in total. The lowest BCUT2D eigenvalue weighted by atomic mass is 10.1. The Morgan fingerprint density at radius 3 is 2.76 bits per heavy atom. The third kappa shape index (κ3) is 2.79. The molecule has 2 aromatic rings. The SMILES string of the molecule is NC(=S)c1cccc(Cn2ccccc2=O)c1. The normalized spacial score (nSPS) is 10.1. The minimum atomic E-state index is -0.0202. The van der Waals surface area contributed by atoms with Crippen molar-refractivity contribution in [2.45, 2.75) is 6.54 Å². The van der Waals surface area contributed by atoms with Crippen LogP contribution in [0, 0.1) is 0 Å². The number of hydrogen-bond donors (Lipinski definition) is 1. The lowest BCUT2D eigenvalue weighted by molar-refractivity contribution is 0.759. The van der Waals surface area contributed by atoms with Crippen LogP contribution < -0.4 is 11.3 Å². The Morgan fingerprint density at radius 1 is 1.24 bits per heavy atom. The fourth-order valence-corrected chi connectivity index (χ4v) is 1.74. The quantitative estimate of drug-likeness (QED) is 0.833. The van der Waals surface area contributed by atoms with Crippen molar-refractivity contribution in [1.82, 2.24) is 4.57 Å². The van der Waals surface area contributed by atoms with Crippen molar-refractivity contribution in [3.8, 4) is 0 Å². The predicted octanol–water partition coefficient (Wildman–Crippen LogP) is 1.53. The molecule has 0 saturated carbocycles. The molecule has 0 unspecified atom stereocenters. The van der Waals surface area contributed by atoms with Gasteiger partial charge in [-0.2, -0.15) is 0 Å². The van der Waals surface area contributed by atoms with E-state index in [-0.39, 0.29) is 5.56 Å². The van der Waals surface area contributed by atoms with Crippen LogP contribution in [0.25, 0.3) is 0 Å². The second-order valence-electron chi connectivity index (χ2n) is 3.73. The fraction of sp³-hybridized carbons (Fsp3) is 0.0769. The summed E-state index contributed by atoms with van der Waals surface area (Å²) in [6.07, 6.45) is 1.76. The molecule has 0 bridgehead atoms. The van der Waals surface area contributed by atoms with Crippen molar-refractivity contribution < 1.29 is 0 Å². The van der Waals surface area contributed by atoms with Gasteiger partial charge in [-0.25, -0.2) is 0 Å². The molecule has 0 atom stereocenters. The van der Waals surface area contributed by atoms with Crippen LogP contribution in [0.1, 0.15) is 11.1 Å². The van der Waals surface area contributed by atoms with Crippen molar-refractivity contribution in [2.24, 2.45) is 5.73 Å². The summed E-state index contributed by atoms with van der Waals surface area (Å²) in [5.74, 6) is 0. The molecule has 3 nitrogen and oxygen atoms in total.